The average Bonchev–Trinajstić information content (AvgIpc) is 2.73. The number of allylic oxidation sites excluding steroid dienone is 4. The first kappa shape index (κ1) is 20.8. The molecular weight excluding hydrogens is 352 g/mol. The van der Waals surface area contributed by atoms with Crippen LogP contribution in [0.25, 0.3) is 0 Å². The first-order valence-corrected chi connectivity index (χ1v) is 10.8. The highest BCUT2D eigenvalue weighted by Crippen LogP contribution is 2.40. The van der Waals surface area contributed by atoms with Crippen LogP contribution < -0.4 is 0 Å². The minimum Gasteiger partial charge on any atom is -0.204 e. The molecule has 0 bridgehead atoms. The molecule has 0 atom stereocenters. The van der Waals surface area contributed by atoms with Gasteiger partial charge in [0, 0.05) is 6.08 Å². The Kier molecular flexibility index (Phi) is 7.83. The van der Waals surface area contributed by atoms with Crippen molar-refractivity contribution in [3.05, 3.63) is 59.7 Å². The zero-order chi connectivity index (χ0) is 19.8. The van der Waals surface area contributed by atoms with E-state index >= 15 is 0 Å². The standard InChI is InChI=1S/C25H31F2N/c26-24-16-15-23(18-25(24)27)22-13-11-21(12-14-22)10-9-20-7-5-19(6-8-20)4-2-1-3-17-28/h1-4,15-16,18-22H,5-14H2/t19-,20-,21-,22-. The van der Waals surface area contributed by atoms with Crippen molar-refractivity contribution in [2.24, 2.45) is 17.8 Å². The van der Waals surface area contributed by atoms with E-state index in [1.807, 2.05) is 18.2 Å². The number of benzene rings is 1. The van der Waals surface area contributed by atoms with E-state index in [-0.39, 0.29) is 0 Å². The smallest absolute Gasteiger partial charge is 0.159 e. The van der Waals surface area contributed by atoms with Crippen LogP contribution >= 0.6 is 0 Å². The van der Waals surface area contributed by atoms with E-state index in [1.165, 1.54) is 69.6 Å². The minimum absolute atomic E-state index is 0.392. The Labute approximate surface area is 168 Å². The highest BCUT2D eigenvalue weighted by Gasteiger charge is 2.25. The summed E-state index contributed by atoms with van der Waals surface area (Å²) in [5.74, 6) is 1.26. The largest absolute Gasteiger partial charge is 0.204 e. The summed E-state index contributed by atoms with van der Waals surface area (Å²) in [7, 11) is 0. The van der Waals surface area contributed by atoms with E-state index in [0.717, 1.165) is 30.2 Å². The van der Waals surface area contributed by atoms with E-state index in [9.17, 15) is 8.78 Å². The van der Waals surface area contributed by atoms with Crippen LogP contribution in [0, 0.1) is 40.7 Å². The van der Waals surface area contributed by atoms with Crippen LogP contribution in [0.2, 0.25) is 0 Å². The molecule has 2 saturated carbocycles. The fourth-order valence-corrected chi connectivity index (χ4v) is 5.01. The van der Waals surface area contributed by atoms with Crippen molar-refractivity contribution in [2.75, 3.05) is 0 Å². The first-order valence-electron chi connectivity index (χ1n) is 10.8. The van der Waals surface area contributed by atoms with Crippen molar-refractivity contribution in [3.63, 3.8) is 0 Å². The van der Waals surface area contributed by atoms with Crippen LogP contribution in [0.1, 0.15) is 75.7 Å². The number of nitrogens with zero attached hydrogens (tertiary/aromatic N) is 1. The van der Waals surface area contributed by atoms with Crippen LogP contribution in [0.15, 0.2) is 42.5 Å². The fraction of sp³-hybridized carbons (Fsp3) is 0.560. The van der Waals surface area contributed by atoms with Gasteiger partial charge in [-0.2, -0.15) is 5.26 Å². The van der Waals surface area contributed by atoms with Gasteiger partial charge in [0.05, 0.1) is 6.07 Å². The third kappa shape index (κ3) is 6.03. The predicted molar refractivity (Wildman–Crippen MR) is 110 cm³/mol. The Hall–Kier alpha value is -1.95. The predicted octanol–water partition coefficient (Wildman–Crippen LogP) is 7.46. The van der Waals surface area contributed by atoms with E-state index in [1.54, 1.807) is 6.07 Å². The number of halogens is 2. The topological polar surface area (TPSA) is 23.8 Å². The highest BCUT2D eigenvalue weighted by atomic mass is 19.2. The lowest BCUT2D eigenvalue weighted by Gasteiger charge is -2.31. The molecule has 0 aliphatic heterocycles. The van der Waals surface area contributed by atoms with Gasteiger partial charge < -0.3 is 0 Å². The molecule has 2 fully saturated rings. The fourth-order valence-electron chi connectivity index (χ4n) is 5.01. The summed E-state index contributed by atoms with van der Waals surface area (Å²) < 4.78 is 26.6. The number of rotatable bonds is 6. The molecule has 0 saturated heterocycles. The van der Waals surface area contributed by atoms with Gasteiger partial charge in [-0.15, -0.1) is 0 Å². The van der Waals surface area contributed by atoms with Crippen LogP contribution in [0.3, 0.4) is 0 Å². The lowest BCUT2D eigenvalue weighted by Crippen LogP contribution is -2.17. The van der Waals surface area contributed by atoms with Gasteiger partial charge in [0.2, 0.25) is 0 Å². The lowest BCUT2D eigenvalue weighted by atomic mass is 9.74. The van der Waals surface area contributed by atoms with Crippen LogP contribution in [-0.2, 0) is 0 Å². The Morgan fingerprint density at radius 3 is 2.11 bits per heavy atom. The summed E-state index contributed by atoms with van der Waals surface area (Å²) in [4.78, 5) is 0. The van der Waals surface area contributed by atoms with Gasteiger partial charge in [0.1, 0.15) is 0 Å². The van der Waals surface area contributed by atoms with E-state index in [2.05, 4.69) is 6.08 Å². The van der Waals surface area contributed by atoms with E-state index in [0.29, 0.717) is 11.8 Å². The quantitative estimate of drug-likeness (QED) is 0.369. The molecule has 0 aromatic heterocycles. The molecule has 150 valence electrons. The second-order valence-electron chi connectivity index (χ2n) is 8.62. The van der Waals surface area contributed by atoms with Crippen molar-refractivity contribution in [3.8, 4) is 6.07 Å². The van der Waals surface area contributed by atoms with Crippen LogP contribution in [-0.4, -0.2) is 0 Å². The molecule has 0 unspecified atom stereocenters. The summed E-state index contributed by atoms with van der Waals surface area (Å²) >= 11 is 0. The Morgan fingerprint density at radius 1 is 0.857 bits per heavy atom. The van der Waals surface area contributed by atoms with Crippen molar-refractivity contribution in [1.82, 2.24) is 0 Å². The zero-order valence-corrected chi connectivity index (χ0v) is 16.6. The number of nitriles is 1. The van der Waals surface area contributed by atoms with E-state index < -0.39 is 11.6 Å². The van der Waals surface area contributed by atoms with Gasteiger partial charge in [-0.3, -0.25) is 0 Å². The summed E-state index contributed by atoms with van der Waals surface area (Å²) in [6.45, 7) is 0. The number of hydrogen-bond donors (Lipinski definition) is 0. The molecule has 3 rings (SSSR count). The normalized spacial score (nSPS) is 28.6. The molecule has 0 amide bonds. The highest BCUT2D eigenvalue weighted by molar-refractivity contribution is 5.22. The van der Waals surface area contributed by atoms with Gasteiger partial charge in [0.15, 0.2) is 11.6 Å². The molecule has 0 heterocycles. The van der Waals surface area contributed by atoms with Crippen molar-refractivity contribution >= 4 is 0 Å². The van der Waals surface area contributed by atoms with Gasteiger partial charge in [-0.05, 0) is 92.7 Å². The monoisotopic (exact) mass is 383 g/mol. The summed E-state index contributed by atoms with van der Waals surface area (Å²) in [6, 6.07) is 6.43. The molecule has 2 aliphatic rings. The zero-order valence-electron chi connectivity index (χ0n) is 16.6. The summed E-state index contributed by atoms with van der Waals surface area (Å²) in [6.07, 6.45) is 20.1. The Morgan fingerprint density at radius 2 is 1.50 bits per heavy atom. The minimum atomic E-state index is -0.749. The maximum atomic E-state index is 13.5. The lowest BCUT2D eigenvalue weighted by molar-refractivity contribution is 0.246. The van der Waals surface area contributed by atoms with Crippen LogP contribution in [0.4, 0.5) is 8.78 Å². The molecule has 0 N–H and O–H groups in total. The molecule has 3 heteroatoms. The average molecular weight is 384 g/mol. The van der Waals surface area contributed by atoms with E-state index in [4.69, 9.17) is 5.26 Å². The van der Waals surface area contributed by atoms with Crippen LogP contribution in [0.5, 0.6) is 0 Å². The Balaban J connectivity index is 1.35. The second-order valence-corrected chi connectivity index (χ2v) is 8.62. The summed E-state index contributed by atoms with van der Waals surface area (Å²) in [5.41, 5.74) is 0.966. The SMILES string of the molecule is N#CC=CC=C[C@H]1CC[C@H](CC[C@H]2CC[C@H](c3ccc(F)c(F)c3)CC2)CC1. The third-order valence-corrected chi connectivity index (χ3v) is 6.80. The molecule has 0 radical (unpaired) electrons. The molecule has 1 aromatic rings. The maximum absolute atomic E-state index is 13.5. The molecule has 0 spiro atoms. The van der Waals surface area contributed by atoms with Gasteiger partial charge in [-0.1, -0.05) is 37.1 Å². The maximum Gasteiger partial charge on any atom is 0.159 e. The molecule has 1 aromatic carbocycles. The molecular formula is C25H31F2N. The first-order chi connectivity index (χ1) is 13.7. The second kappa shape index (κ2) is 10.6. The number of hydrogen-bond acceptors (Lipinski definition) is 1. The molecule has 28 heavy (non-hydrogen) atoms. The molecule has 2 aliphatic carbocycles. The van der Waals surface area contributed by atoms with Gasteiger partial charge in [-0.25, -0.2) is 8.78 Å². The van der Waals surface area contributed by atoms with Crippen molar-refractivity contribution in [1.29, 1.82) is 5.26 Å². The van der Waals surface area contributed by atoms with Crippen molar-refractivity contribution < 1.29 is 8.78 Å². The van der Waals surface area contributed by atoms with Gasteiger partial charge >= 0.3 is 0 Å². The third-order valence-electron chi connectivity index (χ3n) is 6.80. The summed E-state index contributed by atoms with van der Waals surface area (Å²) in [5, 5.41) is 8.50. The molecule has 1 nitrogen and oxygen atoms in total. The van der Waals surface area contributed by atoms with Crippen molar-refractivity contribution in [2.45, 2.75) is 70.1 Å². The Bertz CT molecular complexity index is 715. The van der Waals surface area contributed by atoms with Gasteiger partial charge in [0.25, 0.3) is 0 Å².